The summed E-state index contributed by atoms with van der Waals surface area (Å²) in [6.07, 6.45) is -32.9. The third-order valence-electron chi connectivity index (χ3n) is 9.54. The minimum absolute atomic E-state index is 0. The lowest BCUT2D eigenvalue weighted by Crippen LogP contribution is -2.52. The number of aliphatic hydroxyl groups is 1. The van der Waals surface area contributed by atoms with Crippen LogP contribution in [-0.2, 0) is 17.8 Å². The summed E-state index contributed by atoms with van der Waals surface area (Å²) >= 11 is 0. The zero-order chi connectivity index (χ0) is 47.6. The summed E-state index contributed by atoms with van der Waals surface area (Å²) in [4.78, 5) is 25.4. The van der Waals surface area contributed by atoms with E-state index < -0.39 is 48.8 Å². The summed E-state index contributed by atoms with van der Waals surface area (Å²) in [6.45, 7) is 8.42. The molecule has 2 aromatic carbocycles. The molecule has 2 aromatic heterocycles. The standard InChI is InChI=1S/C21H20F7N3O2.C17H20FN3.C3H2F6O.CH4/c1-13-3-2-4-17(29-13)14-5-6-15(16(22)11-14)12-30-7-9-31(10-8-30)19(32)33-18(20(23,24)25)21(26,27)28;1-13-3-2-4-17(20-13)14-5-6-15(16(18)11-14)12-21-9-7-19-8-10-21;4-2(5,6)1(10)3(7,8)9;/h2-6,11,18H,7-10,12H2,1H3;2-6,11,19H,7-10,12H2,1H3;1,10H;1H4. The van der Waals surface area contributed by atoms with E-state index >= 15 is 0 Å². The van der Waals surface area contributed by atoms with Crippen molar-refractivity contribution in [2.24, 2.45) is 0 Å². The van der Waals surface area contributed by atoms with Crippen LogP contribution in [0, 0.1) is 25.5 Å². The van der Waals surface area contributed by atoms with Gasteiger partial charge in [0.15, 0.2) is 0 Å². The summed E-state index contributed by atoms with van der Waals surface area (Å²) in [5.74, 6) is -0.620. The smallest absolute Gasteiger partial charge is 0.426 e. The highest BCUT2D eigenvalue weighted by Crippen LogP contribution is 2.36. The van der Waals surface area contributed by atoms with Crippen molar-refractivity contribution in [2.75, 3.05) is 52.4 Å². The Bertz CT molecular complexity index is 2110. The first-order valence-electron chi connectivity index (χ1n) is 19.2. The number of hydrogen-bond donors (Lipinski definition) is 2. The molecule has 2 aliphatic rings. The molecular weight excluding hydrogens is 902 g/mol. The molecule has 9 nitrogen and oxygen atoms in total. The van der Waals surface area contributed by atoms with Gasteiger partial charge in [0.25, 0.3) is 6.10 Å². The second-order valence-corrected chi connectivity index (χ2v) is 14.6. The van der Waals surface area contributed by atoms with E-state index in [-0.39, 0.29) is 46.0 Å². The van der Waals surface area contributed by atoms with Crippen molar-refractivity contribution in [2.45, 2.75) is 71.3 Å². The minimum atomic E-state index is -5.77. The van der Waals surface area contributed by atoms with Crippen LogP contribution < -0.4 is 5.32 Å². The van der Waals surface area contributed by atoms with E-state index in [2.05, 4.69) is 24.9 Å². The quantitative estimate of drug-likeness (QED) is 0.177. The van der Waals surface area contributed by atoms with Crippen molar-refractivity contribution in [3.05, 3.63) is 107 Å². The number of amides is 1. The van der Waals surface area contributed by atoms with Gasteiger partial charge < -0.3 is 20.1 Å². The Balaban J connectivity index is 0.000000298. The maximum atomic E-state index is 14.6. The third-order valence-corrected chi connectivity index (χ3v) is 9.54. The van der Waals surface area contributed by atoms with E-state index in [1.807, 2.05) is 50.2 Å². The molecule has 0 saturated carbocycles. The van der Waals surface area contributed by atoms with Crippen molar-refractivity contribution >= 4 is 6.09 Å². The average Bonchev–Trinajstić information content (AvgIpc) is 3.20. The van der Waals surface area contributed by atoms with Crippen LogP contribution in [0.15, 0.2) is 72.8 Å². The number of carbonyl (C=O) groups is 1. The number of alkyl halides is 12. The fraction of sp³-hybridized carbons (Fsp3) is 0.452. The van der Waals surface area contributed by atoms with Crippen LogP contribution >= 0.6 is 0 Å². The number of carbonyl (C=O) groups excluding carboxylic acids is 1. The predicted octanol–water partition coefficient (Wildman–Crippen LogP) is 9.65. The van der Waals surface area contributed by atoms with Gasteiger partial charge in [-0.2, -0.15) is 52.7 Å². The minimum Gasteiger partial charge on any atom is -0.426 e. The lowest BCUT2D eigenvalue weighted by Gasteiger charge is -2.35. The molecule has 2 saturated heterocycles. The van der Waals surface area contributed by atoms with E-state index in [0.29, 0.717) is 23.4 Å². The number of aromatic nitrogens is 2. The number of benzene rings is 2. The molecule has 0 radical (unpaired) electrons. The van der Waals surface area contributed by atoms with E-state index in [1.165, 1.54) is 6.07 Å². The number of hydrogen-bond acceptors (Lipinski definition) is 8. The van der Waals surface area contributed by atoms with Gasteiger partial charge in [-0.25, -0.2) is 13.6 Å². The number of aliphatic hydroxyl groups excluding tert-OH is 1. The fourth-order valence-electron chi connectivity index (χ4n) is 6.20. The van der Waals surface area contributed by atoms with Crippen LogP contribution in [0.1, 0.15) is 29.9 Å². The number of ether oxygens (including phenoxy) is 1. The van der Waals surface area contributed by atoms with Crippen molar-refractivity contribution in [3.8, 4) is 22.5 Å². The number of rotatable bonds is 7. The van der Waals surface area contributed by atoms with Gasteiger partial charge in [-0.15, -0.1) is 0 Å². The van der Waals surface area contributed by atoms with Gasteiger partial charge in [-0.1, -0.05) is 43.8 Å². The van der Waals surface area contributed by atoms with Crippen molar-refractivity contribution in [1.82, 2.24) is 30.0 Å². The molecule has 1 amide bonds. The second kappa shape index (κ2) is 22.9. The first kappa shape index (κ1) is 54.2. The molecule has 0 spiro atoms. The summed E-state index contributed by atoms with van der Waals surface area (Å²) in [5, 5.41) is 10.8. The van der Waals surface area contributed by atoms with Gasteiger partial charge in [0, 0.05) is 99.1 Å². The first-order chi connectivity index (χ1) is 29.7. The summed E-state index contributed by atoms with van der Waals surface area (Å²) in [5.41, 5.74) is 5.70. The van der Waals surface area contributed by atoms with Crippen LogP contribution in [0.5, 0.6) is 0 Å². The maximum absolute atomic E-state index is 14.6. The Morgan fingerprint density at radius 1 is 0.631 bits per heavy atom. The molecular formula is C42H46F14N6O3. The highest BCUT2D eigenvalue weighted by Gasteiger charge is 2.60. The summed E-state index contributed by atoms with van der Waals surface area (Å²) < 4.78 is 174. The molecule has 0 unspecified atom stereocenters. The average molecular weight is 949 g/mol. The van der Waals surface area contributed by atoms with E-state index in [1.54, 1.807) is 35.2 Å². The van der Waals surface area contributed by atoms with Gasteiger partial charge >= 0.3 is 30.8 Å². The number of nitrogens with one attached hydrogen (secondary N) is 1. The zero-order valence-corrected chi connectivity index (χ0v) is 33.9. The number of halogens is 14. The molecule has 23 heteroatoms. The zero-order valence-electron chi connectivity index (χ0n) is 33.9. The molecule has 4 aromatic rings. The van der Waals surface area contributed by atoms with Crippen LogP contribution in [0.4, 0.5) is 66.3 Å². The van der Waals surface area contributed by atoms with Crippen LogP contribution in [0.3, 0.4) is 0 Å². The van der Waals surface area contributed by atoms with Gasteiger partial charge in [0.1, 0.15) is 11.6 Å². The van der Waals surface area contributed by atoms with E-state index in [9.17, 15) is 66.3 Å². The molecule has 6 rings (SSSR count). The van der Waals surface area contributed by atoms with Crippen molar-refractivity contribution < 1.29 is 76.1 Å². The first-order valence-corrected chi connectivity index (χ1v) is 19.2. The Morgan fingerprint density at radius 2 is 1.03 bits per heavy atom. The second-order valence-electron chi connectivity index (χ2n) is 14.6. The van der Waals surface area contributed by atoms with Crippen LogP contribution in [-0.4, -0.2) is 125 Å². The SMILES string of the molecule is C.Cc1cccc(-c2ccc(CN3CCN(C(=O)OC(C(F)(F)F)C(F)(F)F)CC3)c(F)c2)n1.Cc1cccc(-c2ccc(CN3CCNCC3)c(F)c2)n1.OC(C(F)(F)F)C(F)(F)F. The summed E-state index contributed by atoms with van der Waals surface area (Å²) in [7, 11) is 0. The molecule has 4 heterocycles. The van der Waals surface area contributed by atoms with Gasteiger partial charge in [0.2, 0.25) is 6.10 Å². The Hall–Kier alpha value is -5.13. The fourth-order valence-corrected chi connectivity index (χ4v) is 6.20. The Morgan fingerprint density at radius 3 is 1.37 bits per heavy atom. The van der Waals surface area contributed by atoms with Crippen LogP contribution in [0.25, 0.3) is 22.5 Å². The molecule has 360 valence electrons. The predicted molar refractivity (Wildman–Crippen MR) is 211 cm³/mol. The lowest BCUT2D eigenvalue weighted by molar-refractivity contribution is -0.309. The Labute approximate surface area is 365 Å². The highest BCUT2D eigenvalue weighted by atomic mass is 19.4. The Kier molecular flexibility index (Phi) is 19.1. The van der Waals surface area contributed by atoms with Gasteiger partial charge in [0.05, 0.1) is 11.4 Å². The van der Waals surface area contributed by atoms with E-state index in [4.69, 9.17) is 5.11 Å². The topological polar surface area (TPSA) is 94.1 Å². The number of aryl methyl sites for hydroxylation is 2. The molecule has 2 fully saturated rings. The summed E-state index contributed by atoms with van der Waals surface area (Å²) in [6, 6.07) is 21.3. The lowest BCUT2D eigenvalue weighted by atomic mass is 10.1. The molecule has 65 heavy (non-hydrogen) atoms. The third kappa shape index (κ3) is 16.7. The normalized spacial score (nSPS) is 15.4. The van der Waals surface area contributed by atoms with Gasteiger partial charge in [-0.3, -0.25) is 19.8 Å². The highest BCUT2D eigenvalue weighted by molar-refractivity contribution is 5.68. The molecule has 2 N–H and O–H groups in total. The van der Waals surface area contributed by atoms with E-state index in [0.717, 1.165) is 59.3 Å². The molecule has 0 atom stereocenters. The molecule has 0 aliphatic carbocycles. The maximum Gasteiger partial charge on any atom is 0.434 e. The van der Waals surface area contributed by atoms with Crippen molar-refractivity contribution in [1.29, 1.82) is 0 Å². The van der Waals surface area contributed by atoms with Gasteiger partial charge in [-0.05, 0) is 50.2 Å². The number of nitrogens with zero attached hydrogens (tertiary/aromatic N) is 5. The monoisotopic (exact) mass is 948 g/mol. The van der Waals surface area contributed by atoms with Crippen molar-refractivity contribution in [3.63, 3.8) is 0 Å². The largest absolute Gasteiger partial charge is 0.434 e. The number of pyridine rings is 2. The van der Waals surface area contributed by atoms with Crippen LogP contribution in [0.2, 0.25) is 0 Å². The number of piperazine rings is 2. The molecule has 0 bridgehead atoms. The molecule has 2 aliphatic heterocycles.